The van der Waals surface area contributed by atoms with Crippen LogP contribution in [0.3, 0.4) is 0 Å². The number of benzene rings is 1. The Morgan fingerprint density at radius 3 is 2.40 bits per heavy atom. The topological polar surface area (TPSA) is 67.4 Å². The van der Waals surface area contributed by atoms with Gasteiger partial charge in [-0.05, 0) is 25.8 Å². The van der Waals surface area contributed by atoms with Gasteiger partial charge in [-0.15, -0.1) is 0 Å². The highest BCUT2D eigenvalue weighted by Gasteiger charge is 2.17. The molecule has 0 heterocycles. The van der Waals surface area contributed by atoms with Crippen LogP contribution in [0.2, 0.25) is 0 Å². The van der Waals surface area contributed by atoms with Gasteiger partial charge in [0.05, 0.1) is 0 Å². The van der Waals surface area contributed by atoms with E-state index in [2.05, 4.69) is 10.6 Å². The van der Waals surface area contributed by atoms with Crippen molar-refractivity contribution in [1.82, 2.24) is 10.6 Å². The zero-order chi connectivity index (χ0) is 15.0. The smallest absolute Gasteiger partial charge is 0.408 e. The molecule has 0 aliphatic rings. The highest BCUT2D eigenvalue weighted by molar-refractivity contribution is 5.85. The first-order valence-corrected chi connectivity index (χ1v) is 6.80. The fourth-order valence-electron chi connectivity index (χ4n) is 1.48. The summed E-state index contributed by atoms with van der Waals surface area (Å²) in [4.78, 5) is 23.3. The Hall–Kier alpha value is -2.04. The quantitative estimate of drug-likeness (QED) is 0.838. The van der Waals surface area contributed by atoms with E-state index in [1.54, 1.807) is 6.92 Å². The van der Waals surface area contributed by atoms with Gasteiger partial charge in [-0.1, -0.05) is 37.3 Å². The van der Waals surface area contributed by atoms with Crippen molar-refractivity contribution < 1.29 is 14.3 Å². The number of carbonyl (C=O) groups excluding carboxylic acids is 2. The Bertz CT molecular complexity index is 434. The second-order valence-corrected chi connectivity index (χ2v) is 4.75. The second-order valence-electron chi connectivity index (χ2n) is 4.75. The number of rotatable bonds is 6. The van der Waals surface area contributed by atoms with E-state index in [9.17, 15) is 9.59 Å². The van der Waals surface area contributed by atoms with Gasteiger partial charge in [0.25, 0.3) is 0 Å². The van der Waals surface area contributed by atoms with Gasteiger partial charge in [0.1, 0.15) is 12.6 Å². The van der Waals surface area contributed by atoms with Crippen LogP contribution < -0.4 is 10.6 Å². The predicted molar refractivity (Wildman–Crippen MR) is 77.1 cm³/mol. The third-order valence-corrected chi connectivity index (χ3v) is 2.94. The molecule has 20 heavy (non-hydrogen) atoms. The molecule has 5 nitrogen and oxygen atoms in total. The van der Waals surface area contributed by atoms with Crippen LogP contribution in [-0.2, 0) is 16.1 Å². The van der Waals surface area contributed by atoms with Crippen LogP contribution >= 0.6 is 0 Å². The molecule has 0 saturated carbocycles. The molecule has 1 aromatic rings. The molecule has 5 heteroatoms. The van der Waals surface area contributed by atoms with Crippen LogP contribution in [0.15, 0.2) is 30.3 Å². The van der Waals surface area contributed by atoms with Crippen molar-refractivity contribution in [3.63, 3.8) is 0 Å². The molecule has 0 bridgehead atoms. The van der Waals surface area contributed by atoms with E-state index in [-0.39, 0.29) is 18.6 Å². The molecule has 1 rings (SSSR count). The molecule has 2 atom stereocenters. The van der Waals surface area contributed by atoms with E-state index >= 15 is 0 Å². The Kier molecular flexibility index (Phi) is 6.56. The molecule has 0 aliphatic carbocycles. The molecule has 2 amide bonds. The summed E-state index contributed by atoms with van der Waals surface area (Å²) in [7, 11) is 0. The minimum atomic E-state index is -0.618. The predicted octanol–water partition coefficient (Wildman–Crippen LogP) is 2.22. The van der Waals surface area contributed by atoms with Gasteiger partial charge >= 0.3 is 6.09 Å². The lowest BCUT2D eigenvalue weighted by molar-refractivity contribution is -0.123. The number of amides is 2. The largest absolute Gasteiger partial charge is 0.445 e. The SMILES string of the molecule is CCC(C)NC(=O)[C@H](C)NC(=O)OCc1ccccc1. The Labute approximate surface area is 119 Å². The lowest BCUT2D eigenvalue weighted by Gasteiger charge is -2.17. The van der Waals surface area contributed by atoms with Crippen LogP contribution in [0.5, 0.6) is 0 Å². The average molecular weight is 278 g/mol. The number of hydrogen-bond donors (Lipinski definition) is 2. The number of hydrogen-bond acceptors (Lipinski definition) is 3. The van der Waals surface area contributed by atoms with Crippen LogP contribution in [-0.4, -0.2) is 24.1 Å². The standard InChI is InChI=1S/C15H22N2O3/c1-4-11(2)16-14(18)12(3)17-15(19)20-10-13-8-6-5-7-9-13/h5-9,11-12H,4,10H2,1-3H3,(H,16,18)(H,17,19)/t11?,12-/m0/s1. The molecule has 0 spiro atoms. The highest BCUT2D eigenvalue weighted by atomic mass is 16.5. The summed E-state index contributed by atoms with van der Waals surface area (Å²) in [5, 5.41) is 5.31. The van der Waals surface area contributed by atoms with Gasteiger partial charge in [0.2, 0.25) is 5.91 Å². The molecule has 0 saturated heterocycles. The molecule has 0 fully saturated rings. The average Bonchev–Trinajstić information content (AvgIpc) is 2.45. The number of carbonyl (C=O) groups is 2. The molecule has 0 radical (unpaired) electrons. The second kappa shape index (κ2) is 8.19. The summed E-state index contributed by atoms with van der Waals surface area (Å²) >= 11 is 0. The molecule has 2 N–H and O–H groups in total. The summed E-state index contributed by atoms with van der Waals surface area (Å²) < 4.78 is 5.05. The van der Waals surface area contributed by atoms with Gasteiger partial charge in [-0.2, -0.15) is 0 Å². The van der Waals surface area contributed by atoms with Gasteiger partial charge in [-0.25, -0.2) is 4.79 Å². The number of ether oxygens (including phenoxy) is 1. The molecule has 0 aliphatic heterocycles. The highest BCUT2D eigenvalue weighted by Crippen LogP contribution is 2.00. The molecular weight excluding hydrogens is 256 g/mol. The van der Waals surface area contributed by atoms with Gasteiger partial charge in [0, 0.05) is 6.04 Å². The maximum atomic E-state index is 11.7. The van der Waals surface area contributed by atoms with E-state index in [1.807, 2.05) is 44.2 Å². The fraction of sp³-hybridized carbons (Fsp3) is 0.467. The molecule has 1 unspecified atom stereocenters. The molecule has 1 aromatic carbocycles. The lowest BCUT2D eigenvalue weighted by atomic mass is 10.2. The normalized spacial score (nSPS) is 13.2. The lowest BCUT2D eigenvalue weighted by Crippen LogP contribution is -2.47. The summed E-state index contributed by atoms with van der Waals surface area (Å²) in [6, 6.07) is 8.85. The zero-order valence-electron chi connectivity index (χ0n) is 12.2. The van der Waals surface area contributed by atoms with Crippen LogP contribution in [0, 0.1) is 0 Å². The molecule has 0 aromatic heterocycles. The number of alkyl carbamates (subject to hydrolysis) is 1. The minimum Gasteiger partial charge on any atom is -0.445 e. The monoisotopic (exact) mass is 278 g/mol. The first-order chi connectivity index (χ1) is 9.52. The van der Waals surface area contributed by atoms with Crippen molar-refractivity contribution in [2.75, 3.05) is 0 Å². The van der Waals surface area contributed by atoms with Gasteiger partial charge in [0.15, 0.2) is 0 Å². The van der Waals surface area contributed by atoms with Crippen molar-refractivity contribution in [2.45, 2.75) is 45.9 Å². The van der Waals surface area contributed by atoms with E-state index in [0.717, 1.165) is 12.0 Å². The number of nitrogens with one attached hydrogen (secondary N) is 2. The summed E-state index contributed by atoms with van der Waals surface area (Å²) in [6.07, 6.45) is 0.248. The minimum absolute atomic E-state index is 0.0899. The van der Waals surface area contributed by atoms with Gasteiger partial charge in [-0.3, -0.25) is 4.79 Å². The van der Waals surface area contributed by atoms with Crippen molar-refractivity contribution in [3.8, 4) is 0 Å². The van der Waals surface area contributed by atoms with E-state index in [4.69, 9.17) is 4.74 Å². The van der Waals surface area contributed by atoms with E-state index in [1.165, 1.54) is 0 Å². The maximum absolute atomic E-state index is 11.7. The van der Waals surface area contributed by atoms with Crippen molar-refractivity contribution in [1.29, 1.82) is 0 Å². The van der Waals surface area contributed by atoms with Crippen molar-refractivity contribution >= 4 is 12.0 Å². The van der Waals surface area contributed by atoms with Crippen LogP contribution in [0.25, 0.3) is 0 Å². The third-order valence-electron chi connectivity index (χ3n) is 2.94. The van der Waals surface area contributed by atoms with Gasteiger partial charge < -0.3 is 15.4 Å². The first-order valence-electron chi connectivity index (χ1n) is 6.80. The zero-order valence-corrected chi connectivity index (χ0v) is 12.2. The Balaban J connectivity index is 2.32. The Morgan fingerprint density at radius 2 is 1.80 bits per heavy atom. The molecule has 110 valence electrons. The first kappa shape index (κ1) is 16.0. The third kappa shape index (κ3) is 5.73. The molecular formula is C15H22N2O3. The van der Waals surface area contributed by atoms with Crippen molar-refractivity contribution in [2.24, 2.45) is 0 Å². The van der Waals surface area contributed by atoms with E-state index in [0.29, 0.717) is 0 Å². The summed E-state index contributed by atoms with van der Waals surface area (Å²) in [6.45, 7) is 5.71. The van der Waals surface area contributed by atoms with E-state index < -0.39 is 12.1 Å². The summed E-state index contributed by atoms with van der Waals surface area (Å²) in [5.74, 6) is -0.212. The van der Waals surface area contributed by atoms with Crippen LogP contribution in [0.1, 0.15) is 32.8 Å². The van der Waals surface area contributed by atoms with Crippen LogP contribution in [0.4, 0.5) is 4.79 Å². The fourth-order valence-corrected chi connectivity index (χ4v) is 1.48. The Morgan fingerprint density at radius 1 is 1.15 bits per heavy atom. The maximum Gasteiger partial charge on any atom is 0.408 e. The van der Waals surface area contributed by atoms with Crippen molar-refractivity contribution in [3.05, 3.63) is 35.9 Å². The summed E-state index contributed by atoms with van der Waals surface area (Å²) in [5.41, 5.74) is 0.902.